The summed E-state index contributed by atoms with van der Waals surface area (Å²) in [4.78, 5) is 29.5. The Balaban J connectivity index is 0.000000304. The van der Waals surface area contributed by atoms with Gasteiger partial charge in [-0.05, 0) is 12.1 Å². The van der Waals surface area contributed by atoms with Crippen molar-refractivity contribution in [1.82, 2.24) is 0 Å². The summed E-state index contributed by atoms with van der Waals surface area (Å²) in [5.41, 5.74) is 0.331. The predicted molar refractivity (Wildman–Crippen MR) is 57.9 cm³/mol. The molecule has 0 radical (unpaired) electrons. The highest BCUT2D eigenvalue weighted by atomic mass is 16.4. The third kappa shape index (κ3) is 8.61. The van der Waals surface area contributed by atoms with Gasteiger partial charge in [0.1, 0.15) is 0 Å². The zero-order valence-corrected chi connectivity index (χ0v) is 8.87. The summed E-state index contributed by atoms with van der Waals surface area (Å²) >= 11 is 0. The van der Waals surface area contributed by atoms with Gasteiger partial charge in [0.15, 0.2) is 0 Å². The van der Waals surface area contributed by atoms with Crippen molar-refractivity contribution >= 4 is 17.9 Å². The topological polar surface area (TPSA) is 112 Å². The zero-order chi connectivity index (χ0) is 13.3. The number of aromatic carboxylic acids is 1. The molecule has 6 nitrogen and oxygen atoms in total. The van der Waals surface area contributed by atoms with Crippen LogP contribution in [-0.4, -0.2) is 33.2 Å². The van der Waals surface area contributed by atoms with Crippen LogP contribution in [-0.2, 0) is 9.59 Å². The summed E-state index contributed by atoms with van der Waals surface area (Å²) in [5.74, 6) is -3.03. The van der Waals surface area contributed by atoms with Crippen LogP contribution in [0, 0.1) is 0 Å². The average molecular weight is 240 g/mol. The standard InChI is InChI=1S/C7H6O2.C4H6O4/c8-7(9)6-4-2-1-3-5-6;5-3(6)1-2-4(7)8/h1-5H,(H,8,9);1-2H2,(H,5,6)(H,7,8). The van der Waals surface area contributed by atoms with E-state index in [0.717, 1.165) is 0 Å². The average Bonchev–Trinajstić information content (AvgIpc) is 2.28. The van der Waals surface area contributed by atoms with Crippen molar-refractivity contribution in [3.05, 3.63) is 35.9 Å². The van der Waals surface area contributed by atoms with Crippen LogP contribution in [0.1, 0.15) is 23.2 Å². The van der Waals surface area contributed by atoms with E-state index in [1.54, 1.807) is 30.3 Å². The van der Waals surface area contributed by atoms with Crippen LogP contribution in [0.2, 0.25) is 0 Å². The van der Waals surface area contributed by atoms with Crippen LogP contribution in [0.15, 0.2) is 30.3 Å². The van der Waals surface area contributed by atoms with Gasteiger partial charge in [-0.15, -0.1) is 0 Å². The van der Waals surface area contributed by atoms with Crippen molar-refractivity contribution in [2.75, 3.05) is 0 Å². The van der Waals surface area contributed by atoms with E-state index in [0.29, 0.717) is 5.56 Å². The molecule has 1 aromatic rings. The number of carboxylic acid groups (broad SMARTS) is 3. The third-order valence-corrected chi connectivity index (χ3v) is 1.57. The molecular weight excluding hydrogens is 228 g/mol. The highest BCUT2D eigenvalue weighted by Crippen LogP contribution is 1.96. The van der Waals surface area contributed by atoms with E-state index in [4.69, 9.17) is 15.3 Å². The summed E-state index contributed by atoms with van der Waals surface area (Å²) in [5, 5.41) is 24.2. The van der Waals surface area contributed by atoms with E-state index >= 15 is 0 Å². The summed E-state index contributed by atoms with van der Waals surface area (Å²) in [6.45, 7) is 0. The molecule has 0 bridgehead atoms. The lowest BCUT2D eigenvalue weighted by molar-refractivity contribution is -0.143. The first-order valence-corrected chi connectivity index (χ1v) is 4.65. The van der Waals surface area contributed by atoms with Crippen LogP contribution in [0.25, 0.3) is 0 Å². The van der Waals surface area contributed by atoms with Crippen LogP contribution in [0.4, 0.5) is 0 Å². The molecule has 0 fully saturated rings. The van der Waals surface area contributed by atoms with Gasteiger partial charge in [0.25, 0.3) is 0 Å². The van der Waals surface area contributed by atoms with Crippen molar-refractivity contribution in [1.29, 1.82) is 0 Å². The van der Waals surface area contributed by atoms with Crippen molar-refractivity contribution in [3.8, 4) is 0 Å². The molecule has 3 N–H and O–H groups in total. The Morgan fingerprint density at radius 3 is 1.47 bits per heavy atom. The van der Waals surface area contributed by atoms with Gasteiger partial charge in [-0.3, -0.25) is 9.59 Å². The number of hydrogen-bond acceptors (Lipinski definition) is 3. The fraction of sp³-hybridized carbons (Fsp3) is 0.182. The van der Waals surface area contributed by atoms with Crippen molar-refractivity contribution in [2.24, 2.45) is 0 Å². The Hall–Kier alpha value is -2.37. The maximum Gasteiger partial charge on any atom is 0.335 e. The van der Waals surface area contributed by atoms with E-state index in [-0.39, 0.29) is 12.8 Å². The Morgan fingerprint density at radius 2 is 1.24 bits per heavy atom. The molecule has 0 aliphatic carbocycles. The highest BCUT2D eigenvalue weighted by molar-refractivity contribution is 5.87. The van der Waals surface area contributed by atoms with E-state index in [1.165, 1.54) is 0 Å². The van der Waals surface area contributed by atoms with Gasteiger partial charge < -0.3 is 15.3 Å². The van der Waals surface area contributed by atoms with Crippen molar-refractivity contribution in [2.45, 2.75) is 12.8 Å². The second-order valence-electron chi connectivity index (χ2n) is 2.96. The first-order valence-electron chi connectivity index (χ1n) is 4.65. The maximum absolute atomic E-state index is 10.2. The van der Waals surface area contributed by atoms with Crippen molar-refractivity contribution < 1.29 is 29.7 Å². The molecule has 6 heteroatoms. The highest BCUT2D eigenvalue weighted by Gasteiger charge is 2.00. The molecule has 1 rings (SSSR count). The summed E-state index contributed by atoms with van der Waals surface area (Å²) in [7, 11) is 0. The van der Waals surface area contributed by atoms with Crippen LogP contribution in [0.5, 0.6) is 0 Å². The smallest absolute Gasteiger partial charge is 0.335 e. The number of hydrogen-bond donors (Lipinski definition) is 3. The van der Waals surface area contributed by atoms with E-state index in [2.05, 4.69) is 0 Å². The van der Waals surface area contributed by atoms with E-state index in [9.17, 15) is 14.4 Å². The van der Waals surface area contributed by atoms with E-state index < -0.39 is 17.9 Å². The van der Waals surface area contributed by atoms with Crippen LogP contribution < -0.4 is 0 Å². The molecule has 0 amide bonds. The fourth-order valence-electron chi connectivity index (χ4n) is 0.795. The Morgan fingerprint density at radius 1 is 0.824 bits per heavy atom. The van der Waals surface area contributed by atoms with E-state index in [1.807, 2.05) is 0 Å². The minimum atomic E-state index is -1.08. The fourth-order valence-corrected chi connectivity index (χ4v) is 0.795. The SMILES string of the molecule is O=C(O)CCC(=O)O.O=C(O)c1ccccc1. The normalized spacial score (nSPS) is 8.71. The molecule has 0 saturated carbocycles. The number of carboxylic acids is 3. The number of carbonyl (C=O) groups is 3. The molecule has 0 aliphatic heterocycles. The Kier molecular flexibility index (Phi) is 6.77. The van der Waals surface area contributed by atoms with Gasteiger partial charge in [0.05, 0.1) is 18.4 Å². The van der Waals surface area contributed by atoms with Gasteiger partial charge in [0, 0.05) is 0 Å². The lowest BCUT2D eigenvalue weighted by atomic mass is 10.2. The largest absolute Gasteiger partial charge is 0.481 e. The number of aliphatic carboxylic acids is 2. The lowest BCUT2D eigenvalue weighted by Gasteiger charge is -1.88. The van der Waals surface area contributed by atoms with Crippen LogP contribution in [0.3, 0.4) is 0 Å². The van der Waals surface area contributed by atoms with Gasteiger partial charge in [-0.2, -0.15) is 0 Å². The predicted octanol–water partition coefficient (Wildman–Crippen LogP) is 1.32. The molecule has 17 heavy (non-hydrogen) atoms. The second-order valence-corrected chi connectivity index (χ2v) is 2.96. The summed E-state index contributed by atoms with van der Waals surface area (Å²) < 4.78 is 0. The number of rotatable bonds is 4. The zero-order valence-electron chi connectivity index (χ0n) is 8.87. The molecule has 0 saturated heterocycles. The summed E-state index contributed by atoms with van der Waals surface area (Å²) in [6.07, 6.45) is -0.593. The minimum absolute atomic E-state index is 0.296. The Labute approximate surface area is 97.1 Å². The number of benzene rings is 1. The molecular formula is C11H12O6. The van der Waals surface area contributed by atoms with Gasteiger partial charge in [-0.25, -0.2) is 4.79 Å². The molecule has 92 valence electrons. The van der Waals surface area contributed by atoms with Crippen molar-refractivity contribution in [3.63, 3.8) is 0 Å². The first kappa shape index (κ1) is 14.6. The second kappa shape index (κ2) is 7.86. The molecule has 0 unspecified atom stereocenters. The molecule has 0 aromatic heterocycles. The van der Waals surface area contributed by atoms with Gasteiger partial charge in [-0.1, -0.05) is 18.2 Å². The summed E-state index contributed by atoms with van der Waals surface area (Å²) in [6, 6.07) is 8.30. The monoisotopic (exact) mass is 240 g/mol. The first-order chi connectivity index (χ1) is 7.93. The molecule has 1 aromatic carbocycles. The minimum Gasteiger partial charge on any atom is -0.481 e. The van der Waals surface area contributed by atoms with Gasteiger partial charge >= 0.3 is 17.9 Å². The Bertz CT molecular complexity index is 370. The quantitative estimate of drug-likeness (QED) is 0.731. The lowest BCUT2D eigenvalue weighted by Crippen LogP contribution is -2.00. The molecule has 0 atom stereocenters. The molecule has 0 spiro atoms. The molecule has 0 heterocycles. The van der Waals surface area contributed by atoms with Crippen LogP contribution >= 0.6 is 0 Å². The third-order valence-electron chi connectivity index (χ3n) is 1.57. The van der Waals surface area contributed by atoms with Gasteiger partial charge in [0.2, 0.25) is 0 Å². The maximum atomic E-state index is 10.2. The molecule has 0 aliphatic rings.